The molecule has 0 saturated heterocycles. The van der Waals surface area contributed by atoms with Gasteiger partial charge in [0.2, 0.25) is 0 Å². The number of nitrogens with zero attached hydrogens (tertiary/aromatic N) is 3. The highest BCUT2D eigenvalue weighted by Gasteiger charge is 2.18. The summed E-state index contributed by atoms with van der Waals surface area (Å²) in [5, 5.41) is 30.9. The summed E-state index contributed by atoms with van der Waals surface area (Å²) >= 11 is 0. The Balaban J connectivity index is 1.84. The van der Waals surface area contributed by atoms with Gasteiger partial charge in [-0.1, -0.05) is 36.4 Å². The van der Waals surface area contributed by atoms with E-state index in [1.54, 1.807) is 50.2 Å². The molecule has 166 valence electrons. The molecule has 0 aliphatic heterocycles. The van der Waals surface area contributed by atoms with Gasteiger partial charge in [0.25, 0.3) is 5.56 Å². The number of hydrogen-bond donors (Lipinski definition) is 3. The Hall–Kier alpha value is -4.53. The number of carboxylic acid groups (broad SMARTS) is 1. The molecule has 0 amide bonds. The van der Waals surface area contributed by atoms with Crippen LogP contribution in [0.2, 0.25) is 0 Å². The summed E-state index contributed by atoms with van der Waals surface area (Å²) in [6.07, 6.45) is 0. The van der Waals surface area contributed by atoms with Crippen LogP contribution in [0.15, 0.2) is 75.7 Å². The van der Waals surface area contributed by atoms with Crippen molar-refractivity contribution in [2.45, 2.75) is 13.8 Å². The van der Waals surface area contributed by atoms with Crippen molar-refractivity contribution in [3.63, 3.8) is 0 Å². The molecule has 4 aromatic rings. The molecule has 1 heterocycles. The van der Waals surface area contributed by atoms with E-state index in [9.17, 15) is 24.2 Å². The number of rotatable bonds is 5. The summed E-state index contributed by atoms with van der Waals surface area (Å²) in [6.45, 7) is 3.22. The SMILES string of the molecule is Cc1ccc(-n2[nH]c(C)c(N=Nc3c(C(=O)O)cccc3-c3ccccc3O)c2=O)cc1F. The number of benzene rings is 3. The molecule has 0 unspecified atom stereocenters. The van der Waals surface area contributed by atoms with Crippen molar-refractivity contribution in [1.82, 2.24) is 9.78 Å². The van der Waals surface area contributed by atoms with E-state index in [-0.39, 0.29) is 28.4 Å². The molecule has 0 bridgehead atoms. The number of aromatic nitrogens is 2. The van der Waals surface area contributed by atoms with Crippen LogP contribution < -0.4 is 5.56 Å². The highest BCUT2D eigenvalue weighted by atomic mass is 19.1. The molecule has 1 aromatic heterocycles. The van der Waals surface area contributed by atoms with E-state index >= 15 is 0 Å². The van der Waals surface area contributed by atoms with Crippen LogP contribution in [0.1, 0.15) is 21.6 Å². The summed E-state index contributed by atoms with van der Waals surface area (Å²) in [6, 6.07) is 15.3. The fraction of sp³-hybridized carbons (Fsp3) is 0.0833. The number of aromatic amines is 1. The lowest BCUT2D eigenvalue weighted by atomic mass is 9.99. The molecule has 0 saturated carbocycles. The van der Waals surface area contributed by atoms with Crippen molar-refractivity contribution in [2.75, 3.05) is 0 Å². The number of nitrogens with one attached hydrogen (secondary N) is 1. The first-order valence-corrected chi connectivity index (χ1v) is 9.92. The number of carboxylic acids is 1. The maximum absolute atomic E-state index is 14.0. The molecular weight excluding hydrogens is 427 g/mol. The summed E-state index contributed by atoms with van der Waals surface area (Å²) < 4.78 is 15.1. The molecule has 33 heavy (non-hydrogen) atoms. The molecule has 0 radical (unpaired) electrons. The molecule has 0 aliphatic rings. The average molecular weight is 446 g/mol. The lowest BCUT2D eigenvalue weighted by Gasteiger charge is -2.09. The van der Waals surface area contributed by atoms with Gasteiger partial charge in [0.05, 0.1) is 16.9 Å². The largest absolute Gasteiger partial charge is 0.507 e. The van der Waals surface area contributed by atoms with E-state index in [1.165, 1.54) is 24.3 Å². The van der Waals surface area contributed by atoms with Crippen LogP contribution in [0.4, 0.5) is 15.8 Å². The third-order valence-corrected chi connectivity index (χ3v) is 5.16. The molecule has 8 nitrogen and oxygen atoms in total. The third kappa shape index (κ3) is 4.03. The summed E-state index contributed by atoms with van der Waals surface area (Å²) in [5.74, 6) is -1.75. The second kappa shape index (κ2) is 8.54. The van der Waals surface area contributed by atoms with Gasteiger partial charge in [-0.3, -0.25) is 9.89 Å². The van der Waals surface area contributed by atoms with E-state index in [0.717, 1.165) is 4.68 Å². The lowest BCUT2D eigenvalue weighted by Crippen LogP contribution is -2.14. The number of hydrogen-bond acceptors (Lipinski definition) is 5. The van der Waals surface area contributed by atoms with Gasteiger partial charge in [0.1, 0.15) is 17.3 Å². The number of aromatic hydroxyl groups is 1. The number of phenols is 1. The van der Waals surface area contributed by atoms with Gasteiger partial charge >= 0.3 is 5.97 Å². The fourth-order valence-corrected chi connectivity index (χ4v) is 3.40. The predicted octanol–water partition coefficient (Wildman–Crippen LogP) is 5.41. The van der Waals surface area contributed by atoms with Crippen LogP contribution in [0.25, 0.3) is 16.8 Å². The van der Waals surface area contributed by atoms with Crippen molar-refractivity contribution >= 4 is 17.3 Å². The van der Waals surface area contributed by atoms with Gasteiger partial charge < -0.3 is 10.2 Å². The third-order valence-electron chi connectivity index (χ3n) is 5.16. The standard InChI is InChI=1S/C24H19FN4O4/c1-13-10-11-15(12-19(13)25)29-23(31)21(14(2)28-29)26-27-22-17(7-5-8-18(22)24(32)33)16-6-3-4-9-20(16)30/h3-12,28,30H,1-2H3,(H,32,33). The molecule has 3 aromatic carbocycles. The molecule has 9 heteroatoms. The number of H-pyrrole nitrogens is 1. The summed E-state index contributed by atoms with van der Waals surface area (Å²) in [5.41, 5.74) is 1.01. The predicted molar refractivity (Wildman–Crippen MR) is 120 cm³/mol. The quantitative estimate of drug-likeness (QED) is 0.355. The van der Waals surface area contributed by atoms with Crippen LogP contribution in [0, 0.1) is 19.7 Å². The number of aryl methyl sites for hydroxylation is 2. The maximum atomic E-state index is 14.0. The van der Waals surface area contributed by atoms with Gasteiger partial charge in [-0.2, -0.15) is 0 Å². The number of carbonyl (C=O) groups is 1. The highest BCUT2D eigenvalue weighted by molar-refractivity contribution is 5.98. The molecular formula is C24H19FN4O4. The van der Waals surface area contributed by atoms with Gasteiger partial charge in [0, 0.05) is 11.1 Å². The number of phenolic OH excluding ortho intramolecular Hbond substituents is 1. The zero-order chi connectivity index (χ0) is 23.7. The van der Waals surface area contributed by atoms with Crippen molar-refractivity contribution < 1.29 is 19.4 Å². The van der Waals surface area contributed by atoms with Gasteiger partial charge in [-0.05, 0) is 43.7 Å². The average Bonchev–Trinajstić information content (AvgIpc) is 3.07. The minimum atomic E-state index is -1.24. The number of halogens is 1. The monoisotopic (exact) mass is 446 g/mol. The van der Waals surface area contributed by atoms with Crippen molar-refractivity contribution in [2.24, 2.45) is 10.2 Å². The Bertz CT molecular complexity index is 1470. The van der Waals surface area contributed by atoms with Crippen LogP contribution in [0.3, 0.4) is 0 Å². The van der Waals surface area contributed by atoms with Crippen LogP contribution in [0.5, 0.6) is 5.75 Å². The Labute approximate surface area is 187 Å². The summed E-state index contributed by atoms with van der Waals surface area (Å²) in [7, 11) is 0. The second-order valence-electron chi connectivity index (χ2n) is 7.38. The van der Waals surface area contributed by atoms with E-state index in [1.807, 2.05) is 0 Å². The highest BCUT2D eigenvalue weighted by Crippen LogP contribution is 2.38. The Morgan fingerprint density at radius 2 is 1.67 bits per heavy atom. The first-order chi connectivity index (χ1) is 15.8. The topological polar surface area (TPSA) is 120 Å². The van der Waals surface area contributed by atoms with E-state index in [2.05, 4.69) is 15.3 Å². The second-order valence-corrected chi connectivity index (χ2v) is 7.38. The molecule has 4 rings (SSSR count). The number of aromatic carboxylic acids is 1. The van der Waals surface area contributed by atoms with E-state index in [0.29, 0.717) is 22.4 Å². The van der Waals surface area contributed by atoms with Crippen LogP contribution >= 0.6 is 0 Å². The Morgan fingerprint density at radius 1 is 0.970 bits per heavy atom. The zero-order valence-corrected chi connectivity index (χ0v) is 17.7. The Morgan fingerprint density at radius 3 is 2.36 bits per heavy atom. The Kier molecular flexibility index (Phi) is 5.61. The van der Waals surface area contributed by atoms with Gasteiger partial charge in [-0.15, -0.1) is 10.2 Å². The molecule has 0 atom stereocenters. The maximum Gasteiger partial charge on any atom is 0.337 e. The van der Waals surface area contributed by atoms with Gasteiger partial charge in [0.15, 0.2) is 5.69 Å². The van der Waals surface area contributed by atoms with Crippen molar-refractivity contribution in [1.29, 1.82) is 0 Å². The minimum Gasteiger partial charge on any atom is -0.507 e. The molecule has 3 N–H and O–H groups in total. The number of azo groups is 1. The van der Waals surface area contributed by atoms with E-state index in [4.69, 9.17) is 0 Å². The molecule has 0 spiro atoms. The smallest absolute Gasteiger partial charge is 0.337 e. The first-order valence-electron chi connectivity index (χ1n) is 9.92. The van der Waals surface area contributed by atoms with Crippen LogP contribution in [-0.2, 0) is 0 Å². The normalized spacial score (nSPS) is 11.2. The zero-order valence-electron chi connectivity index (χ0n) is 17.7. The van der Waals surface area contributed by atoms with Gasteiger partial charge in [-0.25, -0.2) is 13.9 Å². The summed E-state index contributed by atoms with van der Waals surface area (Å²) in [4.78, 5) is 24.7. The molecule has 0 aliphatic carbocycles. The van der Waals surface area contributed by atoms with Crippen molar-refractivity contribution in [3.05, 3.63) is 93.7 Å². The lowest BCUT2D eigenvalue weighted by molar-refractivity contribution is 0.0697. The van der Waals surface area contributed by atoms with Crippen LogP contribution in [-0.4, -0.2) is 26.0 Å². The first kappa shape index (κ1) is 21.7. The molecule has 0 fully saturated rings. The van der Waals surface area contributed by atoms with Crippen molar-refractivity contribution in [3.8, 4) is 22.6 Å². The van der Waals surface area contributed by atoms with E-state index < -0.39 is 17.3 Å². The fourth-order valence-electron chi connectivity index (χ4n) is 3.40. The number of para-hydroxylation sites is 1. The minimum absolute atomic E-state index is 0.0144.